The van der Waals surface area contributed by atoms with Crippen molar-refractivity contribution in [3.63, 3.8) is 0 Å². The van der Waals surface area contributed by atoms with Gasteiger partial charge in [0, 0.05) is 36.8 Å². The summed E-state index contributed by atoms with van der Waals surface area (Å²) in [5.41, 5.74) is 2.96. The number of fused-ring (bicyclic) bond motifs is 1. The standard InChI is InChI=1S/C18H19N5OS/c24-18(17-16-14(6-7-20-17)21-12-22-16)23(11-15-19-8-9-25-15)10-13-4-2-1-3-5-13/h1-5,8-9,12,17,20H,6-7,10-11H2,(H,21,22)/t17-/m0/s1. The van der Waals surface area contributed by atoms with Gasteiger partial charge in [0.05, 0.1) is 18.6 Å². The number of hydrogen-bond acceptors (Lipinski definition) is 5. The Morgan fingerprint density at radius 3 is 2.92 bits per heavy atom. The van der Waals surface area contributed by atoms with Gasteiger partial charge < -0.3 is 15.2 Å². The predicted molar refractivity (Wildman–Crippen MR) is 95.8 cm³/mol. The van der Waals surface area contributed by atoms with Crippen molar-refractivity contribution >= 4 is 17.2 Å². The highest BCUT2D eigenvalue weighted by atomic mass is 32.1. The van der Waals surface area contributed by atoms with Gasteiger partial charge in [-0.2, -0.15) is 0 Å². The summed E-state index contributed by atoms with van der Waals surface area (Å²) in [5.74, 6) is 0.0344. The molecule has 0 saturated carbocycles. The van der Waals surface area contributed by atoms with E-state index >= 15 is 0 Å². The summed E-state index contributed by atoms with van der Waals surface area (Å²) in [6.45, 7) is 1.82. The van der Waals surface area contributed by atoms with E-state index in [0.717, 1.165) is 34.9 Å². The SMILES string of the molecule is O=C([C@H]1NCCc2[nH]cnc21)N(Cc1ccccc1)Cc1nccs1. The zero-order valence-corrected chi connectivity index (χ0v) is 14.5. The molecule has 0 fully saturated rings. The van der Waals surface area contributed by atoms with E-state index in [1.165, 1.54) is 0 Å². The predicted octanol–water partition coefficient (Wildman–Crippen LogP) is 2.28. The minimum absolute atomic E-state index is 0.0344. The first-order valence-corrected chi connectivity index (χ1v) is 9.16. The average molecular weight is 353 g/mol. The van der Waals surface area contributed by atoms with Gasteiger partial charge >= 0.3 is 0 Å². The summed E-state index contributed by atoms with van der Waals surface area (Å²) < 4.78 is 0. The summed E-state index contributed by atoms with van der Waals surface area (Å²) in [6, 6.07) is 9.64. The maximum absolute atomic E-state index is 13.3. The van der Waals surface area contributed by atoms with E-state index in [9.17, 15) is 4.79 Å². The molecule has 6 nitrogen and oxygen atoms in total. The molecule has 0 bridgehead atoms. The molecule has 2 N–H and O–H groups in total. The number of carbonyl (C=O) groups excluding carboxylic acids is 1. The molecule has 1 aromatic carbocycles. The summed E-state index contributed by atoms with van der Waals surface area (Å²) >= 11 is 1.57. The second-order valence-corrected chi connectivity index (χ2v) is 6.99. The molecule has 0 saturated heterocycles. The van der Waals surface area contributed by atoms with Crippen molar-refractivity contribution in [1.29, 1.82) is 0 Å². The minimum Gasteiger partial charge on any atom is -0.348 e. The minimum atomic E-state index is -0.404. The van der Waals surface area contributed by atoms with Crippen molar-refractivity contribution in [3.8, 4) is 0 Å². The Labute approximate surface area is 149 Å². The highest BCUT2D eigenvalue weighted by Crippen LogP contribution is 2.23. The van der Waals surface area contributed by atoms with Gasteiger partial charge in [0.15, 0.2) is 0 Å². The Balaban J connectivity index is 1.60. The number of aromatic amines is 1. The van der Waals surface area contributed by atoms with Gasteiger partial charge in [0.1, 0.15) is 11.0 Å². The fourth-order valence-corrected chi connectivity index (χ4v) is 3.75. The number of aromatic nitrogens is 3. The summed E-state index contributed by atoms with van der Waals surface area (Å²) in [5, 5.41) is 6.18. The normalized spacial score (nSPS) is 16.4. The third-order valence-electron chi connectivity index (χ3n) is 4.33. The molecular formula is C18H19N5OS. The molecule has 0 spiro atoms. The number of carbonyl (C=O) groups is 1. The molecule has 3 heterocycles. The van der Waals surface area contributed by atoms with Crippen molar-refractivity contribution in [3.05, 3.63) is 70.2 Å². The molecule has 128 valence electrons. The maximum atomic E-state index is 13.3. The first-order valence-electron chi connectivity index (χ1n) is 8.28. The molecule has 0 aliphatic carbocycles. The fraction of sp³-hybridized carbons (Fsp3) is 0.278. The van der Waals surface area contributed by atoms with E-state index in [1.54, 1.807) is 23.9 Å². The molecule has 0 unspecified atom stereocenters. The van der Waals surface area contributed by atoms with E-state index in [1.807, 2.05) is 40.6 Å². The van der Waals surface area contributed by atoms with Crippen molar-refractivity contribution in [2.75, 3.05) is 6.54 Å². The zero-order chi connectivity index (χ0) is 17.1. The summed E-state index contributed by atoms with van der Waals surface area (Å²) in [6.07, 6.45) is 4.31. The van der Waals surface area contributed by atoms with Crippen LogP contribution in [0.3, 0.4) is 0 Å². The van der Waals surface area contributed by atoms with Crippen molar-refractivity contribution in [2.45, 2.75) is 25.6 Å². The van der Waals surface area contributed by atoms with Crippen LogP contribution in [-0.2, 0) is 24.3 Å². The maximum Gasteiger partial charge on any atom is 0.246 e. The van der Waals surface area contributed by atoms with E-state index < -0.39 is 6.04 Å². The monoisotopic (exact) mass is 353 g/mol. The largest absolute Gasteiger partial charge is 0.348 e. The molecule has 1 atom stereocenters. The average Bonchev–Trinajstić information content (AvgIpc) is 3.32. The van der Waals surface area contributed by atoms with Crippen LogP contribution in [0.15, 0.2) is 48.2 Å². The number of nitrogens with one attached hydrogen (secondary N) is 2. The Bertz CT molecular complexity index is 830. The number of imidazole rings is 1. The van der Waals surface area contributed by atoms with Crippen LogP contribution in [0, 0.1) is 0 Å². The second-order valence-electron chi connectivity index (χ2n) is 6.01. The Morgan fingerprint density at radius 1 is 1.24 bits per heavy atom. The lowest BCUT2D eigenvalue weighted by molar-refractivity contribution is -0.135. The van der Waals surface area contributed by atoms with Crippen LogP contribution in [0.5, 0.6) is 0 Å². The van der Waals surface area contributed by atoms with Crippen molar-refractivity contribution in [2.24, 2.45) is 0 Å². The molecular weight excluding hydrogens is 334 g/mol. The lowest BCUT2D eigenvalue weighted by Crippen LogP contribution is -2.43. The van der Waals surface area contributed by atoms with Crippen LogP contribution in [0.1, 0.15) is 28.0 Å². The van der Waals surface area contributed by atoms with Gasteiger partial charge in [-0.15, -0.1) is 11.3 Å². The molecule has 1 aliphatic heterocycles. The number of H-pyrrole nitrogens is 1. The molecule has 4 rings (SSSR count). The van der Waals surface area contributed by atoms with Gasteiger partial charge in [-0.3, -0.25) is 4.79 Å². The second kappa shape index (κ2) is 7.16. The molecule has 3 aromatic rings. The lowest BCUT2D eigenvalue weighted by atomic mass is 10.0. The number of benzene rings is 1. The first-order chi connectivity index (χ1) is 12.3. The van der Waals surface area contributed by atoms with Gasteiger partial charge in [-0.05, 0) is 5.56 Å². The smallest absolute Gasteiger partial charge is 0.246 e. The van der Waals surface area contributed by atoms with Gasteiger partial charge in [0.2, 0.25) is 5.91 Å². The van der Waals surface area contributed by atoms with Crippen LogP contribution in [-0.4, -0.2) is 32.3 Å². The third-order valence-corrected chi connectivity index (χ3v) is 5.10. The van der Waals surface area contributed by atoms with Crippen LogP contribution in [0.25, 0.3) is 0 Å². The van der Waals surface area contributed by atoms with Crippen LogP contribution >= 0.6 is 11.3 Å². The molecule has 0 radical (unpaired) electrons. The van der Waals surface area contributed by atoms with Gasteiger partial charge in [0.25, 0.3) is 0 Å². The number of amides is 1. The fourth-order valence-electron chi connectivity index (χ4n) is 3.12. The number of rotatable bonds is 5. The van der Waals surface area contributed by atoms with E-state index in [-0.39, 0.29) is 5.91 Å². The third kappa shape index (κ3) is 3.47. The van der Waals surface area contributed by atoms with Crippen LogP contribution < -0.4 is 5.32 Å². The number of thiazole rings is 1. The lowest BCUT2D eigenvalue weighted by Gasteiger charge is -2.29. The topological polar surface area (TPSA) is 73.9 Å². The number of nitrogens with zero attached hydrogens (tertiary/aromatic N) is 3. The number of hydrogen-bond donors (Lipinski definition) is 2. The van der Waals surface area contributed by atoms with E-state index in [2.05, 4.69) is 20.3 Å². The van der Waals surface area contributed by atoms with Gasteiger partial charge in [-0.1, -0.05) is 30.3 Å². The Hall–Kier alpha value is -2.51. The zero-order valence-electron chi connectivity index (χ0n) is 13.7. The molecule has 7 heteroatoms. The molecule has 25 heavy (non-hydrogen) atoms. The van der Waals surface area contributed by atoms with Crippen LogP contribution in [0.2, 0.25) is 0 Å². The Morgan fingerprint density at radius 2 is 2.12 bits per heavy atom. The quantitative estimate of drug-likeness (QED) is 0.738. The molecule has 1 aliphatic rings. The highest BCUT2D eigenvalue weighted by Gasteiger charge is 2.32. The summed E-state index contributed by atoms with van der Waals surface area (Å²) in [4.78, 5) is 27.0. The first kappa shape index (κ1) is 16.0. The molecule has 1 amide bonds. The van der Waals surface area contributed by atoms with E-state index in [0.29, 0.717) is 13.1 Å². The van der Waals surface area contributed by atoms with Crippen LogP contribution in [0.4, 0.5) is 0 Å². The van der Waals surface area contributed by atoms with E-state index in [4.69, 9.17) is 0 Å². The Kier molecular flexibility index (Phi) is 4.58. The van der Waals surface area contributed by atoms with Crippen molar-refractivity contribution in [1.82, 2.24) is 25.2 Å². The highest BCUT2D eigenvalue weighted by molar-refractivity contribution is 7.09. The van der Waals surface area contributed by atoms with Crippen molar-refractivity contribution < 1.29 is 4.79 Å². The summed E-state index contributed by atoms with van der Waals surface area (Å²) in [7, 11) is 0. The molecule has 2 aromatic heterocycles. The van der Waals surface area contributed by atoms with Gasteiger partial charge in [-0.25, -0.2) is 9.97 Å².